The summed E-state index contributed by atoms with van der Waals surface area (Å²) in [5.74, 6) is -0.615. The van der Waals surface area contributed by atoms with Crippen LogP contribution in [0.5, 0.6) is 0 Å². The number of carbonyl (C=O) groups is 2. The van der Waals surface area contributed by atoms with Gasteiger partial charge in [-0.3, -0.25) is 14.5 Å². The molecule has 31 heavy (non-hydrogen) atoms. The maximum atomic E-state index is 13.1. The van der Waals surface area contributed by atoms with Crippen molar-refractivity contribution >= 4 is 34.8 Å². The molecule has 1 unspecified atom stereocenters. The van der Waals surface area contributed by atoms with Gasteiger partial charge in [-0.2, -0.15) is 0 Å². The number of halogens is 2. The Bertz CT molecular complexity index is 914. The van der Waals surface area contributed by atoms with E-state index in [9.17, 15) is 14.0 Å². The Morgan fingerprint density at radius 3 is 2.26 bits per heavy atom. The van der Waals surface area contributed by atoms with E-state index in [0.717, 1.165) is 44.8 Å². The third-order valence-corrected chi connectivity index (χ3v) is 6.09. The zero-order valence-electron chi connectivity index (χ0n) is 17.3. The number of hydrogen-bond donors (Lipinski definition) is 1. The molecule has 0 bridgehead atoms. The second-order valence-corrected chi connectivity index (χ2v) is 8.35. The molecular formula is C23H26ClFN4O2. The Hall–Kier alpha value is -2.48. The summed E-state index contributed by atoms with van der Waals surface area (Å²) >= 11 is 5.89. The van der Waals surface area contributed by atoms with Gasteiger partial charge >= 0.3 is 0 Å². The summed E-state index contributed by atoms with van der Waals surface area (Å²) in [5, 5.41) is 3.81. The molecule has 0 spiro atoms. The van der Waals surface area contributed by atoms with Crippen LogP contribution in [0.3, 0.4) is 0 Å². The van der Waals surface area contributed by atoms with Gasteiger partial charge in [0.1, 0.15) is 5.82 Å². The summed E-state index contributed by atoms with van der Waals surface area (Å²) in [7, 11) is 0. The lowest BCUT2D eigenvalue weighted by Crippen LogP contribution is -2.47. The van der Waals surface area contributed by atoms with Crippen molar-refractivity contribution in [2.75, 3.05) is 49.1 Å². The minimum absolute atomic E-state index is 0.178. The first kappa shape index (κ1) is 21.7. The smallest absolute Gasteiger partial charge is 0.251 e. The zero-order valence-corrected chi connectivity index (χ0v) is 18.0. The predicted octanol–water partition coefficient (Wildman–Crippen LogP) is 2.91. The molecule has 2 fully saturated rings. The van der Waals surface area contributed by atoms with E-state index < -0.39 is 6.04 Å². The molecule has 2 aromatic carbocycles. The molecule has 6 nitrogen and oxygen atoms in total. The van der Waals surface area contributed by atoms with Gasteiger partial charge in [-0.05, 0) is 68.0 Å². The van der Waals surface area contributed by atoms with E-state index in [0.29, 0.717) is 17.3 Å². The summed E-state index contributed by atoms with van der Waals surface area (Å²) in [5.41, 5.74) is 1.61. The lowest BCUT2D eigenvalue weighted by Gasteiger charge is -2.36. The molecule has 0 saturated carbocycles. The highest BCUT2D eigenvalue weighted by molar-refractivity contribution is 6.30. The Morgan fingerprint density at radius 2 is 1.58 bits per heavy atom. The normalized spacial score (nSPS) is 20.0. The van der Waals surface area contributed by atoms with Crippen molar-refractivity contribution in [3.63, 3.8) is 0 Å². The largest absolute Gasteiger partial charge is 0.369 e. The first-order valence-corrected chi connectivity index (χ1v) is 11.0. The maximum Gasteiger partial charge on any atom is 0.251 e. The number of piperazine rings is 1. The fraction of sp³-hybridized carbons (Fsp3) is 0.391. The minimum Gasteiger partial charge on any atom is -0.369 e. The number of hydrogen-bond acceptors (Lipinski definition) is 5. The highest BCUT2D eigenvalue weighted by Gasteiger charge is 2.39. The summed E-state index contributed by atoms with van der Waals surface area (Å²) in [6.45, 7) is 5.32. The molecule has 0 aromatic heterocycles. The molecule has 0 radical (unpaired) electrons. The summed E-state index contributed by atoms with van der Waals surface area (Å²) < 4.78 is 13.1. The van der Waals surface area contributed by atoms with Gasteiger partial charge in [0.2, 0.25) is 5.91 Å². The molecule has 164 valence electrons. The van der Waals surface area contributed by atoms with Crippen LogP contribution >= 0.6 is 11.6 Å². The van der Waals surface area contributed by atoms with Crippen molar-refractivity contribution in [1.82, 2.24) is 10.2 Å². The molecule has 1 atom stereocenters. The number of amides is 2. The fourth-order valence-corrected chi connectivity index (χ4v) is 4.24. The topological polar surface area (TPSA) is 55.9 Å². The molecule has 2 saturated heterocycles. The lowest BCUT2D eigenvalue weighted by molar-refractivity contribution is -0.121. The van der Waals surface area contributed by atoms with Gasteiger partial charge in [0.05, 0.1) is 18.2 Å². The van der Waals surface area contributed by atoms with E-state index in [-0.39, 0.29) is 24.1 Å². The molecule has 0 aliphatic carbocycles. The molecular weight excluding hydrogens is 419 g/mol. The average molecular weight is 445 g/mol. The van der Waals surface area contributed by atoms with E-state index in [1.54, 1.807) is 24.3 Å². The summed E-state index contributed by atoms with van der Waals surface area (Å²) in [6, 6.07) is 12.9. The SMILES string of the molecule is O=C1CC(NCCCN2CCN(c3ccc(F)cc3)CC2)C(=O)N1c1ccc(Cl)cc1. The molecule has 2 aromatic rings. The zero-order chi connectivity index (χ0) is 21.8. The molecule has 2 amide bonds. The van der Waals surface area contributed by atoms with Crippen LogP contribution in [0, 0.1) is 5.82 Å². The van der Waals surface area contributed by atoms with Crippen LogP contribution in [0.4, 0.5) is 15.8 Å². The van der Waals surface area contributed by atoms with Crippen molar-refractivity contribution in [3.05, 3.63) is 59.4 Å². The van der Waals surface area contributed by atoms with E-state index >= 15 is 0 Å². The monoisotopic (exact) mass is 444 g/mol. The van der Waals surface area contributed by atoms with E-state index in [4.69, 9.17) is 11.6 Å². The number of rotatable bonds is 7. The van der Waals surface area contributed by atoms with Crippen molar-refractivity contribution < 1.29 is 14.0 Å². The molecule has 2 heterocycles. The van der Waals surface area contributed by atoms with E-state index in [2.05, 4.69) is 15.1 Å². The number of nitrogens with zero attached hydrogens (tertiary/aromatic N) is 3. The molecule has 2 aliphatic heterocycles. The van der Waals surface area contributed by atoms with Crippen molar-refractivity contribution in [2.45, 2.75) is 18.9 Å². The van der Waals surface area contributed by atoms with Crippen LogP contribution in [-0.2, 0) is 9.59 Å². The Balaban J connectivity index is 1.18. The van der Waals surface area contributed by atoms with Crippen LogP contribution in [0.1, 0.15) is 12.8 Å². The van der Waals surface area contributed by atoms with Gasteiger partial charge in [-0.25, -0.2) is 9.29 Å². The summed E-state index contributed by atoms with van der Waals surface area (Å²) in [4.78, 5) is 30.9. The second kappa shape index (κ2) is 9.77. The predicted molar refractivity (Wildman–Crippen MR) is 120 cm³/mol. The van der Waals surface area contributed by atoms with Crippen molar-refractivity contribution in [1.29, 1.82) is 0 Å². The highest BCUT2D eigenvalue weighted by atomic mass is 35.5. The van der Waals surface area contributed by atoms with Gasteiger partial charge in [-0.15, -0.1) is 0 Å². The third-order valence-electron chi connectivity index (χ3n) is 5.84. The average Bonchev–Trinajstić information content (AvgIpc) is 3.06. The van der Waals surface area contributed by atoms with Gasteiger partial charge in [0.15, 0.2) is 0 Å². The number of imide groups is 1. The Labute approximate surface area is 186 Å². The second-order valence-electron chi connectivity index (χ2n) is 7.91. The number of nitrogens with one attached hydrogen (secondary N) is 1. The summed E-state index contributed by atoms with van der Waals surface area (Å²) in [6.07, 6.45) is 1.08. The quantitative estimate of drug-likeness (QED) is 0.525. The van der Waals surface area contributed by atoms with Crippen LogP contribution in [0.2, 0.25) is 5.02 Å². The number of carbonyl (C=O) groups excluding carboxylic acids is 2. The third kappa shape index (κ3) is 5.23. The fourth-order valence-electron chi connectivity index (χ4n) is 4.11. The van der Waals surface area contributed by atoms with Gasteiger partial charge in [0.25, 0.3) is 5.91 Å². The molecule has 8 heteroatoms. The maximum absolute atomic E-state index is 13.1. The van der Waals surface area contributed by atoms with E-state index in [1.807, 2.05) is 12.1 Å². The van der Waals surface area contributed by atoms with Gasteiger partial charge in [0, 0.05) is 36.9 Å². The minimum atomic E-state index is -0.474. The number of anilines is 2. The number of benzene rings is 2. The highest BCUT2D eigenvalue weighted by Crippen LogP contribution is 2.24. The van der Waals surface area contributed by atoms with Crippen molar-refractivity contribution in [3.8, 4) is 0 Å². The van der Waals surface area contributed by atoms with Crippen LogP contribution < -0.4 is 15.1 Å². The van der Waals surface area contributed by atoms with Crippen molar-refractivity contribution in [2.24, 2.45) is 0 Å². The van der Waals surface area contributed by atoms with Crippen LogP contribution in [0.15, 0.2) is 48.5 Å². The first-order chi connectivity index (χ1) is 15.0. The van der Waals surface area contributed by atoms with Gasteiger partial charge < -0.3 is 10.2 Å². The molecule has 4 rings (SSSR count). The van der Waals surface area contributed by atoms with Gasteiger partial charge in [-0.1, -0.05) is 11.6 Å². The molecule has 1 N–H and O–H groups in total. The molecule has 2 aliphatic rings. The standard InChI is InChI=1S/C23H26ClFN4O2/c24-17-2-6-20(7-3-17)29-22(30)16-21(23(29)31)26-10-1-11-27-12-14-28(15-13-27)19-8-4-18(25)5-9-19/h2-9,21,26H,1,10-16H2. The Morgan fingerprint density at radius 1 is 0.935 bits per heavy atom. The Kier molecular flexibility index (Phi) is 6.85. The van der Waals surface area contributed by atoms with E-state index in [1.165, 1.54) is 17.0 Å². The lowest BCUT2D eigenvalue weighted by atomic mass is 10.2. The van der Waals surface area contributed by atoms with Crippen LogP contribution in [0.25, 0.3) is 0 Å². The first-order valence-electron chi connectivity index (χ1n) is 10.6. The van der Waals surface area contributed by atoms with Crippen LogP contribution in [-0.4, -0.2) is 62.0 Å².